The second kappa shape index (κ2) is 9.66. The van der Waals surface area contributed by atoms with Gasteiger partial charge in [0.1, 0.15) is 0 Å². The van der Waals surface area contributed by atoms with Crippen LogP contribution in [0.25, 0.3) is 0 Å². The van der Waals surface area contributed by atoms with Crippen molar-refractivity contribution in [3.05, 3.63) is 33.5 Å². The number of nitro groups is 1. The number of imide groups is 1. The van der Waals surface area contributed by atoms with E-state index in [0.29, 0.717) is 5.69 Å². The summed E-state index contributed by atoms with van der Waals surface area (Å²) in [5.74, 6) is -1.39. The van der Waals surface area contributed by atoms with Crippen LogP contribution >= 0.6 is 0 Å². The number of hydrogen-bond acceptors (Lipinski definition) is 5. The molecule has 1 rings (SSSR count). The molecule has 0 spiro atoms. The molecule has 1 heterocycles. The largest absolute Gasteiger partial charge is 0.364 e. The first-order chi connectivity index (χ1) is 10.9. The van der Waals surface area contributed by atoms with Crippen LogP contribution in [0, 0.1) is 17.0 Å². The summed E-state index contributed by atoms with van der Waals surface area (Å²) in [5.41, 5.74) is 0.424. The van der Waals surface area contributed by atoms with Crippen molar-refractivity contribution in [1.29, 1.82) is 0 Å². The van der Waals surface area contributed by atoms with Crippen molar-refractivity contribution in [2.45, 2.75) is 58.8 Å². The van der Waals surface area contributed by atoms with E-state index < -0.39 is 16.6 Å². The first-order valence-electron chi connectivity index (χ1n) is 7.91. The highest BCUT2D eigenvalue weighted by Gasteiger charge is 2.17. The van der Waals surface area contributed by atoms with E-state index in [9.17, 15) is 19.7 Å². The van der Waals surface area contributed by atoms with E-state index in [1.165, 1.54) is 18.9 Å². The van der Waals surface area contributed by atoms with Crippen LogP contribution in [0.4, 0.5) is 5.82 Å². The highest BCUT2D eigenvalue weighted by atomic mass is 16.6. The fourth-order valence-electron chi connectivity index (χ4n) is 2.20. The minimum absolute atomic E-state index is 0.0699. The quantitative estimate of drug-likeness (QED) is 0.427. The van der Waals surface area contributed by atoms with Gasteiger partial charge in [0, 0.05) is 19.4 Å². The number of unbranched alkanes of at least 4 members (excludes halogenated alkanes) is 5. The monoisotopic (exact) mass is 321 g/mol. The molecule has 1 aromatic heterocycles. The van der Waals surface area contributed by atoms with E-state index in [1.54, 1.807) is 6.92 Å². The number of hydrogen-bond donors (Lipinski definition) is 1. The van der Waals surface area contributed by atoms with Gasteiger partial charge in [-0.25, -0.2) is 0 Å². The number of pyridine rings is 1. The molecule has 126 valence electrons. The van der Waals surface area contributed by atoms with E-state index in [2.05, 4.69) is 17.2 Å². The molecule has 2 amide bonds. The number of amides is 2. The van der Waals surface area contributed by atoms with E-state index in [-0.39, 0.29) is 17.9 Å². The summed E-state index contributed by atoms with van der Waals surface area (Å²) < 4.78 is 0. The molecule has 0 aromatic carbocycles. The van der Waals surface area contributed by atoms with Gasteiger partial charge in [0.2, 0.25) is 5.91 Å². The molecule has 7 heteroatoms. The molecule has 0 aliphatic carbocycles. The predicted molar refractivity (Wildman–Crippen MR) is 86.1 cm³/mol. The number of carbonyl (C=O) groups excluding carboxylic acids is 2. The average molecular weight is 321 g/mol. The van der Waals surface area contributed by atoms with Crippen molar-refractivity contribution in [3.63, 3.8) is 0 Å². The topological polar surface area (TPSA) is 102 Å². The van der Waals surface area contributed by atoms with Crippen LogP contribution in [0.3, 0.4) is 0 Å². The Morgan fingerprint density at radius 1 is 1.17 bits per heavy atom. The van der Waals surface area contributed by atoms with Gasteiger partial charge in [0.25, 0.3) is 5.91 Å². The van der Waals surface area contributed by atoms with Gasteiger partial charge in [-0.3, -0.25) is 14.9 Å². The zero-order chi connectivity index (χ0) is 17.2. The van der Waals surface area contributed by atoms with Gasteiger partial charge >= 0.3 is 5.82 Å². The van der Waals surface area contributed by atoms with Gasteiger partial charge in [-0.2, -0.15) is 0 Å². The van der Waals surface area contributed by atoms with Crippen LogP contribution in [0.5, 0.6) is 0 Å². The highest BCUT2D eigenvalue weighted by molar-refractivity contribution is 6.04. The number of carbonyl (C=O) groups is 2. The molecule has 0 aliphatic rings. The lowest BCUT2D eigenvalue weighted by atomic mass is 10.1. The minimum Gasteiger partial charge on any atom is -0.358 e. The molecule has 1 aromatic rings. The molecular formula is C16H23N3O4. The summed E-state index contributed by atoms with van der Waals surface area (Å²) in [6.07, 6.45) is 6.60. The minimum atomic E-state index is -0.665. The van der Waals surface area contributed by atoms with Crippen molar-refractivity contribution in [2.75, 3.05) is 0 Å². The van der Waals surface area contributed by atoms with Gasteiger partial charge in [-0.05, 0) is 22.4 Å². The Hall–Kier alpha value is -2.31. The maximum absolute atomic E-state index is 12.0. The number of nitrogens with zero attached hydrogens (tertiary/aromatic N) is 2. The summed E-state index contributed by atoms with van der Waals surface area (Å²) in [7, 11) is 0. The van der Waals surface area contributed by atoms with Crippen LogP contribution in [-0.2, 0) is 4.79 Å². The maximum atomic E-state index is 12.0. The average Bonchev–Trinajstić information content (AvgIpc) is 2.50. The van der Waals surface area contributed by atoms with Gasteiger partial charge in [0.15, 0.2) is 5.69 Å². The van der Waals surface area contributed by atoms with Crippen LogP contribution in [0.15, 0.2) is 12.1 Å². The second-order valence-electron chi connectivity index (χ2n) is 5.51. The Morgan fingerprint density at radius 2 is 1.83 bits per heavy atom. The normalized spacial score (nSPS) is 10.3. The lowest BCUT2D eigenvalue weighted by molar-refractivity contribution is -0.389. The third-order valence-electron chi connectivity index (χ3n) is 3.40. The molecule has 0 unspecified atom stereocenters. The summed E-state index contributed by atoms with van der Waals surface area (Å²) in [6, 6.07) is 2.49. The second-order valence-corrected chi connectivity index (χ2v) is 5.51. The molecule has 0 bridgehead atoms. The predicted octanol–water partition coefficient (Wildman–Crippen LogP) is 3.31. The molecule has 1 N–H and O–H groups in total. The van der Waals surface area contributed by atoms with Gasteiger partial charge < -0.3 is 10.1 Å². The van der Waals surface area contributed by atoms with Crippen molar-refractivity contribution >= 4 is 17.6 Å². The Labute approximate surface area is 135 Å². The van der Waals surface area contributed by atoms with Crippen molar-refractivity contribution in [1.82, 2.24) is 10.3 Å². The van der Waals surface area contributed by atoms with Crippen LogP contribution in [-0.4, -0.2) is 21.7 Å². The molecule has 0 radical (unpaired) electrons. The van der Waals surface area contributed by atoms with Crippen LogP contribution in [0.1, 0.15) is 67.9 Å². The van der Waals surface area contributed by atoms with Crippen molar-refractivity contribution < 1.29 is 14.5 Å². The fourth-order valence-corrected chi connectivity index (χ4v) is 2.20. The third-order valence-corrected chi connectivity index (χ3v) is 3.40. The zero-order valence-electron chi connectivity index (χ0n) is 13.6. The van der Waals surface area contributed by atoms with Crippen LogP contribution < -0.4 is 5.32 Å². The van der Waals surface area contributed by atoms with Gasteiger partial charge in [-0.15, -0.1) is 0 Å². The molecule has 0 saturated heterocycles. The van der Waals surface area contributed by atoms with E-state index >= 15 is 0 Å². The summed E-state index contributed by atoms with van der Waals surface area (Å²) in [5, 5.41) is 13.0. The molecule has 7 nitrogen and oxygen atoms in total. The SMILES string of the molecule is CCCCCCCCC(=O)NC(=O)c1cc(C)nc([N+](=O)[O-])c1. The fraction of sp³-hybridized carbons (Fsp3) is 0.562. The Morgan fingerprint density at radius 3 is 2.48 bits per heavy atom. The van der Waals surface area contributed by atoms with E-state index in [1.807, 2.05) is 0 Å². The highest BCUT2D eigenvalue weighted by Crippen LogP contribution is 2.12. The molecule has 0 aliphatic heterocycles. The molecule has 0 fully saturated rings. The standard InChI is InChI=1S/C16H23N3O4/c1-3-4-5-6-7-8-9-15(20)18-16(21)13-10-12(2)17-14(11-13)19(22)23/h10-11H,3-9H2,1-2H3,(H,18,20,21). The van der Waals surface area contributed by atoms with Crippen molar-refractivity contribution in [3.8, 4) is 0 Å². The third kappa shape index (κ3) is 6.99. The van der Waals surface area contributed by atoms with Crippen molar-refractivity contribution in [2.24, 2.45) is 0 Å². The smallest absolute Gasteiger partial charge is 0.358 e. The summed E-state index contributed by atoms with van der Waals surface area (Å²) >= 11 is 0. The Balaban J connectivity index is 2.46. The van der Waals surface area contributed by atoms with Gasteiger partial charge in [0.05, 0.1) is 5.56 Å². The number of aromatic nitrogens is 1. The molecule has 0 atom stereocenters. The van der Waals surface area contributed by atoms with E-state index in [4.69, 9.17) is 0 Å². The molecule has 0 saturated carbocycles. The Bertz CT molecular complexity index is 572. The van der Waals surface area contributed by atoms with Crippen LogP contribution in [0.2, 0.25) is 0 Å². The summed E-state index contributed by atoms with van der Waals surface area (Å²) in [6.45, 7) is 3.70. The maximum Gasteiger partial charge on any atom is 0.364 e. The molecular weight excluding hydrogens is 298 g/mol. The summed E-state index contributed by atoms with van der Waals surface area (Å²) in [4.78, 5) is 37.5. The first kappa shape index (κ1) is 18.7. The molecule has 23 heavy (non-hydrogen) atoms. The van der Waals surface area contributed by atoms with Gasteiger partial charge in [-0.1, -0.05) is 39.0 Å². The van der Waals surface area contributed by atoms with E-state index in [0.717, 1.165) is 31.7 Å². The zero-order valence-corrected chi connectivity index (χ0v) is 13.6. The Kier molecular flexibility index (Phi) is 7.87. The first-order valence-corrected chi connectivity index (χ1v) is 7.91. The number of rotatable bonds is 9. The number of aryl methyl sites for hydroxylation is 1. The lowest BCUT2D eigenvalue weighted by Crippen LogP contribution is -2.30. The number of nitrogens with one attached hydrogen (secondary N) is 1. The lowest BCUT2D eigenvalue weighted by Gasteiger charge is -2.04.